The minimum absolute atomic E-state index is 0.143. The van der Waals surface area contributed by atoms with Gasteiger partial charge in [-0.15, -0.1) is 10.2 Å². The molecule has 0 aliphatic carbocycles. The van der Waals surface area contributed by atoms with E-state index in [-0.39, 0.29) is 5.69 Å². The zero-order chi connectivity index (χ0) is 17.2. The largest absolute Gasteiger partial charge is 0.383 e. The summed E-state index contributed by atoms with van der Waals surface area (Å²) in [5.41, 5.74) is 3.39. The fourth-order valence-corrected chi connectivity index (χ4v) is 2.66. The molecule has 25 heavy (non-hydrogen) atoms. The molecule has 0 aliphatic rings. The molecule has 0 amide bonds. The van der Waals surface area contributed by atoms with Gasteiger partial charge in [0, 0.05) is 18.4 Å². The average Bonchev–Trinajstić information content (AvgIpc) is 3.26. The monoisotopic (exact) mass is 336 g/mol. The van der Waals surface area contributed by atoms with E-state index in [0.717, 1.165) is 16.9 Å². The maximum absolute atomic E-state index is 12.2. The molecule has 0 unspecified atom stereocenters. The Hall–Kier alpha value is -3.49. The van der Waals surface area contributed by atoms with Crippen LogP contribution in [0.3, 0.4) is 0 Å². The molecule has 9 nitrogen and oxygen atoms in total. The van der Waals surface area contributed by atoms with Gasteiger partial charge in [0.2, 0.25) is 0 Å². The Balaban J connectivity index is 1.49. The van der Waals surface area contributed by atoms with Gasteiger partial charge in [0.05, 0.1) is 12.2 Å². The minimum atomic E-state index is -0.143. The van der Waals surface area contributed by atoms with E-state index in [1.54, 1.807) is 17.2 Å². The molecule has 3 heterocycles. The number of anilines is 1. The summed E-state index contributed by atoms with van der Waals surface area (Å²) in [6.07, 6.45) is 3.27. The van der Waals surface area contributed by atoms with E-state index >= 15 is 0 Å². The summed E-state index contributed by atoms with van der Waals surface area (Å²) < 4.78 is 4.60. The van der Waals surface area contributed by atoms with E-state index in [2.05, 4.69) is 25.9 Å². The number of pyridine rings is 1. The summed E-state index contributed by atoms with van der Waals surface area (Å²) in [7, 11) is 0. The van der Waals surface area contributed by atoms with Crippen molar-refractivity contribution in [2.75, 3.05) is 11.9 Å². The normalized spacial score (nSPS) is 11.1. The summed E-state index contributed by atoms with van der Waals surface area (Å²) in [4.78, 5) is 12.2. The van der Waals surface area contributed by atoms with Crippen molar-refractivity contribution in [1.29, 1.82) is 0 Å². The molecule has 0 radical (unpaired) electrons. The Morgan fingerprint density at radius 2 is 2.12 bits per heavy atom. The fraction of sp³-hybridized carbons (Fsp3) is 0.188. The highest BCUT2D eigenvalue weighted by atomic mass is 16.2. The number of benzene rings is 1. The second-order valence-electron chi connectivity index (χ2n) is 5.62. The number of aromatic nitrogens is 7. The van der Waals surface area contributed by atoms with Gasteiger partial charge in [0.1, 0.15) is 6.33 Å². The Morgan fingerprint density at radius 3 is 2.92 bits per heavy atom. The highest BCUT2D eigenvalue weighted by molar-refractivity contribution is 5.54. The van der Waals surface area contributed by atoms with E-state index in [4.69, 9.17) is 0 Å². The van der Waals surface area contributed by atoms with Gasteiger partial charge < -0.3 is 5.32 Å². The lowest BCUT2D eigenvalue weighted by Gasteiger charge is -2.10. The Bertz CT molecular complexity index is 1060. The van der Waals surface area contributed by atoms with Crippen LogP contribution in [0.5, 0.6) is 0 Å². The maximum atomic E-state index is 12.2. The first-order valence-electron chi connectivity index (χ1n) is 7.84. The van der Waals surface area contributed by atoms with Gasteiger partial charge in [0.25, 0.3) is 0 Å². The molecule has 0 bridgehead atoms. The van der Waals surface area contributed by atoms with Crippen molar-refractivity contribution in [3.05, 3.63) is 65.0 Å². The average molecular weight is 336 g/mol. The SMILES string of the molecule is Cc1ccc(NCCn2nc3ccccn3c2=O)cc1-n1cnnn1. The highest BCUT2D eigenvalue weighted by Gasteiger charge is 2.07. The zero-order valence-electron chi connectivity index (χ0n) is 13.6. The van der Waals surface area contributed by atoms with Crippen molar-refractivity contribution in [2.45, 2.75) is 13.5 Å². The molecule has 0 spiro atoms. The Labute approximate surface area is 142 Å². The van der Waals surface area contributed by atoms with Crippen LogP contribution in [0.25, 0.3) is 11.3 Å². The van der Waals surface area contributed by atoms with Crippen molar-refractivity contribution in [3.63, 3.8) is 0 Å². The lowest BCUT2D eigenvalue weighted by Crippen LogP contribution is -2.24. The molecule has 0 saturated carbocycles. The molecule has 1 aromatic carbocycles. The molecular weight excluding hydrogens is 320 g/mol. The van der Waals surface area contributed by atoms with Crippen LogP contribution in [0.4, 0.5) is 5.69 Å². The molecule has 0 fully saturated rings. The van der Waals surface area contributed by atoms with Gasteiger partial charge in [-0.25, -0.2) is 14.2 Å². The molecule has 3 aromatic heterocycles. The third kappa shape index (κ3) is 2.87. The van der Waals surface area contributed by atoms with Gasteiger partial charge in [0.15, 0.2) is 5.65 Å². The van der Waals surface area contributed by atoms with Crippen molar-refractivity contribution >= 4 is 11.3 Å². The summed E-state index contributed by atoms with van der Waals surface area (Å²) in [5.74, 6) is 0. The first kappa shape index (κ1) is 15.1. The van der Waals surface area contributed by atoms with E-state index in [1.807, 2.05) is 43.3 Å². The predicted molar refractivity (Wildman–Crippen MR) is 91.8 cm³/mol. The van der Waals surface area contributed by atoms with Crippen molar-refractivity contribution in [1.82, 2.24) is 34.4 Å². The molecule has 0 aliphatic heterocycles. The lowest BCUT2D eigenvalue weighted by molar-refractivity contribution is 0.614. The summed E-state index contributed by atoms with van der Waals surface area (Å²) >= 11 is 0. The van der Waals surface area contributed by atoms with E-state index in [1.165, 1.54) is 9.08 Å². The van der Waals surface area contributed by atoms with Crippen LogP contribution in [0.2, 0.25) is 0 Å². The molecule has 4 aromatic rings. The first-order valence-corrected chi connectivity index (χ1v) is 7.84. The highest BCUT2D eigenvalue weighted by Crippen LogP contribution is 2.18. The number of aryl methyl sites for hydroxylation is 1. The fourth-order valence-electron chi connectivity index (χ4n) is 2.66. The first-order chi connectivity index (χ1) is 12.2. The smallest absolute Gasteiger partial charge is 0.350 e. The van der Waals surface area contributed by atoms with Gasteiger partial charge in [-0.1, -0.05) is 12.1 Å². The second-order valence-corrected chi connectivity index (χ2v) is 5.62. The number of hydrogen-bond acceptors (Lipinski definition) is 6. The zero-order valence-corrected chi connectivity index (χ0v) is 13.6. The molecule has 126 valence electrons. The van der Waals surface area contributed by atoms with Crippen molar-refractivity contribution < 1.29 is 0 Å². The van der Waals surface area contributed by atoms with Crippen LogP contribution < -0.4 is 11.0 Å². The maximum Gasteiger partial charge on any atom is 0.350 e. The minimum Gasteiger partial charge on any atom is -0.383 e. The van der Waals surface area contributed by atoms with Crippen LogP contribution in [0.1, 0.15) is 5.56 Å². The van der Waals surface area contributed by atoms with Gasteiger partial charge >= 0.3 is 5.69 Å². The van der Waals surface area contributed by atoms with Crippen LogP contribution in [0, 0.1) is 6.92 Å². The third-order valence-electron chi connectivity index (χ3n) is 3.95. The molecule has 4 rings (SSSR count). The summed E-state index contributed by atoms with van der Waals surface area (Å²) in [6, 6.07) is 11.4. The molecular formula is C16H16N8O. The number of rotatable bonds is 5. The van der Waals surface area contributed by atoms with E-state index in [0.29, 0.717) is 18.7 Å². The van der Waals surface area contributed by atoms with Crippen LogP contribution >= 0.6 is 0 Å². The predicted octanol–water partition coefficient (Wildman–Crippen LogP) is 0.892. The van der Waals surface area contributed by atoms with Gasteiger partial charge in [-0.3, -0.25) is 4.40 Å². The van der Waals surface area contributed by atoms with Gasteiger partial charge in [-0.05, 0) is 47.2 Å². The van der Waals surface area contributed by atoms with Gasteiger partial charge in [-0.2, -0.15) is 0 Å². The van der Waals surface area contributed by atoms with Crippen LogP contribution in [-0.2, 0) is 6.54 Å². The molecule has 1 N–H and O–H groups in total. The Kier molecular flexibility index (Phi) is 3.73. The number of tetrazole rings is 1. The number of hydrogen-bond donors (Lipinski definition) is 1. The summed E-state index contributed by atoms with van der Waals surface area (Å²) in [6.45, 7) is 3.04. The topological polar surface area (TPSA) is 94.9 Å². The lowest BCUT2D eigenvalue weighted by atomic mass is 10.2. The molecule has 0 saturated heterocycles. The second kappa shape index (κ2) is 6.19. The van der Waals surface area contributed by atoms with Crippen LogP contribution in [0.15, 0.2) is 53.7 Å². The van der Waals surface area contributed by atoms with Crippen molar-refractivity contribution in [2.24, 2.45) is 0 Å². The van der Waals surface area contributed by atoms with E-state index in [9.17, 15) is 4.79 Å². The Morgan fingerprint density at radius 1 is 1.20 bits per heavy atom. The molecule has 9 heteroatoms. The van der Waals surface area contributed by atoms with E-state index < -0.39 is 0 Å². The number of nitrogens with one attached hydrogen (secondary N) is 1. The van der Waals surface area contributed by atoms with Crippen LogP contribution in [-0.4, -0.2) is 40.9 Å². The number of fused-ring (bicyclic) bond motifs is 1. The molecule has 0 atom stereocenters. The standard InChI is InChI=1S/C16H16N8O/c1-12-5-6-13(10-14(12)24-11-18-20-21-24)17-7-9-23-16(25)22-8-3-2-4-15(22)19-23/h2-6,8,10-11,17H,7,9H2,1H3. The summed E-state index contributed by atoms with van der Waals surface area (Å²) in [5, 5.41) is 18.9. The quantitative estimate of drug-likeness (QED) is 0.582. The van der Waals surface area contributed by atoms with Crippen molar-refractivity contribution in [3.8, 4) is 5.69 Å². The third-order valence-corrected chi connectivity index (χ3v) is 3.95. The number of nitrogens with zero attached hydrogens (tertiary/aromatic N) is 7.